The Morgan fingerprint density at radius 1 is 0.452 bits per heavy atom. The Labute approximate surface area is 361 Å². The Kier molecular flexibility index (Phi) is 8.67. The van der Waals surface area contributed by atoms with Crippen LogP contribution in [0, 0.1) is 0 Å². The molecule has 1 unspecified atom stereocenters. The van der Waals surface area contributed by atoms with Gasteiger partial charge in [-0.2, -0.15) is 0 Å². The number of hydrogen-bond donors (Lipinski definition) is 0. The van der Waals surface area contributed by atoms with Gasteiger partial charge in [0.15, 0.2) is 0 Å². The molecule has 2 nitrogen and oxygen atoms in total. The largest absolute Gasteiger partial charge is 0.456 e. The summed E-state index contributed by atoms with van der Waals surface area (Å²) in [4.78, 5) is 2.27. The first-order chi connectivity index (χ1) is 30.7. The number of fused-ring (bicyclic) bond motifs is 6. The van der Waals surface area contributed by atoms with Gasteiger partial charge in [0.05, 0.1) is 0 Å². The Hall–Kier alpha value is -7.94. The number of rotatable bonds is 8. The summed E-state index contributed by atoms with van der Waals surface area (Å²) >= 11 is 0. The third-order valence-corrected chi connectivity index (χ3v) is 12.7. The van der Waals surface area contributed by atoms with E-state index in [9.17, 15) is 0 Å². The molecule has 1 aromatic heterocycles. The van der Waals surface area contributed by atoms with Crippen LogP contribution in [0.5, 0.6) is 0 Å². The van der Waals surface area contributed by atoms with Crippen molar-refractivity contribution < 1.29 is 4.42 Å². The first kappa shape index (κ1) is 36.0. The van der Waals surface area contributed by atoms with E-state index in [-0.39, 0.29) is 0 Å². The van der Waals surface area contributed by atoms with Gasteiger partial charge in [-0.1, -0.05) is 170 Å². The molecule has 0 aliphatic heterocycles. The zero-order valence-corrected chi connectivity index (χ0v) is 34.1. The summed E-state index contributed by atoms with van der Waals surface area (Å²) < 4.78 is 6.58. The molecule has 9 aromatic carbocycles. The second-order valence-electron chi connectivity index (χ2n) is 16.4. The maximum absolute atomic E-state index is 6.58. The van der Waals surface area contributed by atoms with Crippen LogP contribution in [0.4, 0.5) is 17.1 Å². The Morgan fingerprint density at radius 3 is 1.77 bits per heavy atom. The van der Waals surface area contributed by atoms with Crippen molar-refractivity contribution >= 4 is 61.9 Å². The van der Waals surface area contributed by atoms with E-state index < -0.39 is 0 Å². The smallest absolute Gasteiger partial charge is 0.137 e. The molecule has 1 heterocycles. The van der Waals surface area contributed by atoms with E-state index in [2.05, 4.69) is 235 Å². The fourth-order valence-electron chi connectivity index (χ4n) is 9.85. The zero-order chi connectivity index (χ0) is 41.0. The van der Waals surface area contributed by atoms with E-state index in [1.54, 1.807) is 0 Å². The van der Waals surface area contributed by atoms with Crippen LogP contribution in [0.3, 0.4) is 0 Å². The molecule has 0 amide bonds. The van der Waals surface area contributed by atoms with Crippen LogP contribution < -0.4 is 4.90 Å². The lowest BCUT2D eigenvalue weighted by molar-refractivity contribution is 0.669. The highest BCUT2D eigenvalue weighted by Crippen LogP contribution is 2.57. The van der Waals surface area contributed by atoms with Gasteiger partial charge in [-0.3, -0.25) is 0 Å². The molecule has 12 rings (SSSR count). The molecule has 0 radical (unpaired) electrons. The van der Waals surface area contributed by atoms with Gasteiger partial charge in [0.2, 0.25) is 0 Å². The van der Waals surface area contributed by atoms with Crippen molar-refractivity contribution in [1.29, 1.82) is 0 Å². The van der Waals surface area contributed by atoms with Gasteiger partial charge in [-0.05, 0) is 133 Å². The lowest BCUT2D eigenvalue weighted by Crippen LogP contribution is -2.09. The number of hydrogen-bond acceptors (Lipinski definition) is 2. The zero-order valence-electron chi connectivity index (χ0n) is 34.1. The highest BCUT2D eigenvalue weighted by Gasteiger charge is 2.31. The molecule has 1 atom stereocenters. The fourth-order valence-corrected chi connectivity index (χ4v) is 9.85. The van der Waals surface area contributed by atoms with E-state index in [1.165, 1.54) is 60.8 Å². The summed E-state index contributed by atoms with van der Waals surface area (Å²) in [6, 6.07) is 70.2. The average molecular weight is 792 g/mol. The first-order valence-electron chi connectivity index (χ1n) is 21.5. The van der Waals surface area contributed by atoms with Crippen molar-refractivity contribution in [2.24, 2.45) is 0 Å². The second-order valence-corrected chi connectivity index (χ2v) is 16.4. The third-order valence-electron chi connectivity index (χ3n) is 12.7. The molecule has 0 N–H and O–H groups in total. The van der Waals surface area contributed by atoms with E-state index in [0.29, 0.717) is 5.92 Å². The number of nitrogens with zero attached hydrogens (tertiary/aromatic N) is 1. The molecule has 2 aliphatic carbocycles. The summed E-state index contributed by atoms with van der Waals surface area (Å²) in [6.45, 7) is 0. The van der Waals surface area contributed by atoms with Gasteiger partial charge >= 0.3 is 0 Å². The van der Waals surface area contributed by atoms with Crippen LogP contribution in [0.1, 0.15) is 29.0 Å². The van der Waals surface area contributed by atoms with Crippen LogP contribution in [0.2, 0.25) is 0 Å². The Morgan fingerprint density at radius 2 is 1.08 bits per heavy atom. The Bertz CT molecular complexity index is 3360. The summed E-state index contributed by atoms with van der Waals surface area (Å²) in [6.07, 6.45) is 14.4. The monoisotopic (exact) mass is 791 g/mol. The minimum Gasteiger partial charge on any atom is -0.456 e. The summed E-state index contributed by atoms with van der Waals surface area (Å²) in [5.74, 6) is 0.300. The summed E-state index contributed by atoms with van der Waals surface area (Å²) in [5.41, 5.74) is 19.0. The van der Waals surface area contributed by atoms with Crippen molar-refractivity contribution in [3.8, 4) is 44.5 Å². The van der Waals surface area contributed by atoms with Gasteiger partial charge in [-0.15, -0.1) is 0 Å². The first-order valence-corrected chi connectivity index (χ1v) is 21.5. The van der Waals surface area contributed by atoms with Gasteiger partial charge < -0.3 is 9.32 Å². The SMILES string of the molecule is C1=CCC(c2cc(-c3ccc(/C=C/c4ccc5c(c4)oc4cc(N(c6ccccc6)c6ccccc6)ccc45)cc3)c(-c3ccccc3)c3c2-c2cccc4cccc-3c24)C=C1. The van der Waals surface area contributed by atoms with Crippen molar-refractivity contribution in [3.63, 3.8) is 0 Å². The molecule has 0 bridgehead atoms. The maximum Gasteiger partial charge on any atom is 0.137 e. The molecular formula is C60H41NO. The van der Waals surface area contributed by atoms with Gasteiger partial charge in [0.1, 0.15) is 11.2 Å². The molecule has 2 aliphatic rings. The Balaban J connectivity index is 0.905. The van der Waals surface area contributed by atoms with E-state index in [0.717, 1.165) is 56.5 Å². The average Bonchev–Trinajstić information content (AvgIpc) is 3.88. The second kappa shape index (κ2) is 15.0. The van der Waals surface area contributed by atoms with Crippen LogP contribution in [-0.2, 0) is 0 Å². The third kappa shape index (κ3) is 6.11. The van der Waals surface area contributed by atoms with Gasteiger partial charge in [0, 0.05) is 39.8 Å². The van der Waals surface area contributed by atoms with Crippen molar-refractivity contribution in [2.75, 3.05) is 4.90 Å². The number of anilines is 3. The molecule has 2 heteroatoms. The predicted octanol–water partition coefficient (Wildman–Crippen LogP) is 17.0. The van der Waals surface area contributed by atoms with Crippen LogP contribution in [0.25, 0.3) is 89.4 Å². The number of allylic oxidation sites excluding steroid dienone is 4. The molecule has 0 saturated carbocycles. The van der Waals surface area contributed by atoms with E-state index in [1.807, 2.05) is 0 Å². The molecule has 0 saturated heterocycles. The highest BCUT2D eigenvalue weighted by molar-refractivity contribution is 6.20. The van der Waals surface area contributed by atoms with E-state index >= 15 is 0 Å². The minimum absolute atomic E-state index is 0.300. The van der Waals surface area contributed by atoms with Crippen molar-refractivity contribution in [1.82, 2.24) is 0 Å². The predicted molar refractivity (Wildman–Crippen MR) is 262 cm³/mol. The molecule has 62 heavy (non-hydrogen) atoms. The summed E-state index contributed by atoms with van der Waals surface area (Å²) in [7, 11) is 0. The molecule has 10 aromatic rings. The molecule has 292 valence electrons. The van der Waals surface area contributed by atoms with Gasteiger partial charge in [0.25, 0.3) is 0 Å². The van der Waals surface area contributed by atoms with Crippen molar-refractivity contribution in [3.05, 3.63) is 235 Å². The van der Waals surface area contributed by atoms with Gasteiger partial charge in [-0.25, -0.2) is 0 Å². The molecule has 0 fully saturated rings. The molecule has 0 spiro atoms. The highest BCUT2D eigenvalue weighted by atomic mass is 16.3. The number of para-hydroxylation sites is 2. The van der Waals surface area contributed by atoms with E-state index in [4.69, 9.17) is 4.42 Å². The quantitative estimate of drug-likeness (QED) is 0.143. The van der Waals surface area contributed by atoms with Crippen molar-refractivity contribution in [2.45, 2.75) is 12.3 Å². The fraction of sp³-hybridized carbons (Fsp3) is 0.0333. The lowest BCUT2D eigenvalue weighted by Gasteiger charge is -2.25. The number of benzene rings is 9. The molecular weight excluding hydrogens is 751 g/mol. The lowest BCUT2D eigenvalue weighted by atomic mass is 9.79. The minimum atomic E-state index is 0.300. The van der Waals surface area contributed by atoms with Crippen LogP contribution in [0.15, 0.2) is 223 Å². The topological polar surface area (TPSA) is 16.4 Å². The summed E-state index contributed by atoms with van der Waals surface area (Å²) in [5, 5.41) is 4.87. The van der Waals surface area contributed by atoms with Crippen LogP contribution >= 0.6 is 0 Å². The number of furan rings is 1. The van der Waals surface area contributed by atoms with Crippen LogP contribution in [-0.4, -0.2) is 0 Å². The standard InChI is InChI=1S/C60H41NO/c1-5-15-42(16-6-1)54-39-53(58(45-17-7-2-8-18-45)60-52-26-14-20-44-19-13-25-51(57(44)52)59(54)60)43-32-29-40(30-33-43)27-28-41-31-35-49-50-36-34-48(38-56(50)62-55(49)37-41)61(46-21-9-3-10-22-46)47-23-11-4-12-24-47/h1-15,17-39,42H,16H2/b28-27+. The maximum atomic E-state index is 6.58. The normalized spacial score (nSPS) is 14.0.